The highest BCUT2D eigenvalue weighted by molar-refractivity contribution is 7.03. The molecule has 2 saturated heterocycles. The zero-order valence-electron chi connectivity index (χ0n) is 24.9. The van der Waals surface area contributed by atoms with E-state index in [-0.39, 0.29) is 60.0 Å². The van der Waals surface area contributed by atoms with E-state index in [9.17, 15) is 24.0 Å². The number of rotatable bonds is 10. The van der Waals surface area contributed by atoms with Gasteiger partial charge in [0.15, 0.2) is 0 Å². The number of esters is 2. The largest absolute Gasteiger partial charge is 0.458 e. The van der Waals surface area contributed by atoms with Gasteiger partial charge in [-0.2, -0.15) is 0 Å². The number of aryl methyl sites for hydroxylation is 1. The monoisotopic (exact) mass is 623 g/mol. The Bertz CT molecular complexity index is 1610. The molecule has 2 fully saturated rings. The van der Waals surface area contributed by atoms with Gasteiger partial charge in [-0.1, -0.05) is 43.8 Å². The second-order valence-corrected chi connectivity index (χ2v) is 12.6. The van der Waals surface area contributed by atoms with Gasteiger partial charge in [-0.3, -0.25) is 9.59 Å². The van der Waals surface area contributed by atoms with Gasteiger partial charge in [-0.05, 0) is 55.7 Å². The minimum atomic E-state index is -0.636. The van der Waals surface area contributed by atoms with Crippen LogP contribution in [0.4, 0.5) is 0 Å². The maximum absolute atomic E-state index is 12.4. The van der Waals surface area contributed by atoms with Crippen LogP contribution in [0.1, 0.15) is 57.1 Å². The Morgan fingerprint density at radius 2 is 1.93 bits per heavy atom. The predicted molar refractivity (Wildman–Crippen MR) is 163 cm³/mol. The molecule has 1 aliphatic carbocycles. The Kier molecular flexibility index (Phi) is 9.50. The maximum Gasteiger partial charge on any atom is 0.341 e. The van der Waals surface area contributed by atoms with Crippen LogP contribution in [0.15, 0.2) is 69.8 Å². The fourth-order valence-electron chi connectivity index (χ4n) is 5.67. The van der Waals surface area contributed by atoms with Crippen molar-refractivity contribution in [2.24, 2.45) is 5.92 Å². The van der Waals surface area contributed by atoms with E-state index in [1.54, 1.807) is 12.1 Å². The zero-order chi connectivity index (χ0) is 31.4. The molecule has 12 heteroatoms. The Hall–Kier alpha value is -4.03. The maximum atomic E-state index is 12.4. The minimum Gasteiger partial charge on any atom is -0.458 e. The van der Waals surface area contributed by atoms with Gasteiger partial charge in [-0.25, -0.2) is 22.9 Å². The number of amides is 1. The normalized spacial score (nSPS) is 25.9. The Morgan fingerprint density at radius 3 is 2.68 bits per heavy atom. The number of hydrogen-bond acceptors (Lipinski definition) is 9. The van der Waals surface area contributed by atoms with E-state index in [0.29, 0.717) is 25.0 Å². The van der Waals surface area contributed by atoms with Crippen molar-refractivity contribution in [2.45, 2.75) is 83.4 Å². The topological polar surface area (TPSA) is 138 Å². The van der Waals surface area contributed by atoms with Crippen LogP contribution in [-0.2, 0) is 48.2 Å². The number of nitrogens with zero attached hydrogens (tertiary/aromatic N) is 2. The zero-order valence-corrected chi connectivity index (χ0v) is 25.7. The highest BCUT2D eigenvalue weighted by Crippen LogP contribution is 2.49. The van der Waals surface area contributed by atoms with Gasteiger partial charge in [0.2, 0.25) is 5.91 Å². The molecule has 0 radical (unpaired) electrons. The van der Waals surface area contributed by atoms with E-state index < -0.39 is 11.9 Å². The summed E-state index contributed by atoms with van der Waals surface area (Å²) in [6, 6.07) is 7.23. The van der Waals surface area contributed by atoms with Gasteiger partial charge in [-0.15, -0.1) is 0 Å². The van der Waals surface area contributed by atoms with Crippen molar-refractivity contribution in [3.63, 3.8) is 0 Å². The summed E-state index contributed by atoms with van der Waals surface area (Å²) < 4.78 is 19.6. The van der Waals surface area contributed by atoms with Gasteiger partial charge in [0.25, 0.3) is 0 Å². The van der Waals surface area contributed by atoms with Crippen molar-refractivity contribution in [3.05, 3.63) is 91.5 Å². The summed E-state index contributed by atoms with van der Waals surface area (Å²) in [5.74, 6) is -1.60. The lowest BCUT2D eigenvalue weighted by Gasteiger charge is -2.20. The number of allylic oxidation sites excluding steroid dienone is 1. The van der Waals surface area contributed by atoms with Crippen LogP contribution in [0.2, 0.25) is 0 Å². The van der Waals surface area contributed by atoms with Crippen molar-refractivity contribution >= 4 is 29.4 Å². The molecule has 0 bridgehead atoms. The number of aromatic nitrogens is 2. The van der Waals surface area contributed by atoms with E-state index in [2.05, 4.69) is 18.0 Å². The van der Waals surface area contributed by atoms with E-state index in [1.165, 1.54) is 8.52 Å². The Labute approximate surface area is 258 Å². The molecular formula is C32H37N3O8S. The molecule has 234 valence electrons. The van der Waals surface area contributed by atoms with Crippen LogP contribution in [-0.4, -0.2) is 50.8 Å². The second-order valence-electron chi connectivity index (χ2n) is 11.6. The summed E-state index contributed by atoms with van der Waals surface area (Å²) in [7, 11) is 0. The fraction of sp³-hybridized carbons (Fsp3) is 0.469. The van der Waals surface area contributed by atoms with Crippen molar-refractivity contribution in [1.82, 2.24) is 13.8 Å². The molecule has 3 aliphatic rings. The smallest absolute Gasteiger partial charge is 0.341 e. The van der Waals surface area contributed by atoms with E-state index >= 15 is 0 Å². The molecule has 5 rings (SSSR count). The third-order valence-corrected chi connectivity index (χ3v) is 9.26. The SMILES string of the molecule is C=C1C(=O)O[C@H]2[C@H]1CC/C(COC(=O)/C=C\C(=O)NCc1ccc(Cn3c(=O)sn(CCC)c3=O)cc1)=C\CC[C@@]1(C)O[C@@H]21. The van der Waals surface area contributed by atoms with E-state index in [0.717, 1.165) is 59.6 Å². The van der Waals surface area contributed by atoms with Crippen LogP contribution in [0.5, 0.6) is 0 Å². The molecule has 0 spiro atoms. The molecule has 1 N–H and O–H groups in total. The molecule has 1 aromatic heterocycles. The first-order valence-electron chi connectivity index (χ1n) is 14.8. The third kappa shape index (κ3) is 7.19. The average Bonchev–Trinajstić information content (AvgIpc) is 3.50. The standard InChI is InChI=1S/C32H37N3O8S/c1-4-16-35-30(39)34(31(40)44-35)18-22-9-7-21(8-10-22)17-33-25(36)13-14-26(37)41-19-23-6-5-15-32(3)28(43-32)27-24(12-11-23)20(2)29(38)42-27/h6-10,13-14,24,27-28H,2,4-5,11-12,15-19H2,1,3H3,(H,33,36)/b14-13-,23-6+/t24-,27-,28-,32+/m0/s1. The summed E-state index contributed by atoms with van der Waals surface area (Å²) in [5, 5.41) is 2.72. The molecule has 44 heavy (non-hydrogen) atoms. The number of hydrogen-bond donors (Lipinski definition) is 1. The van der Waals surface area contributed by atoms with Crippen LogP contribution >= 0.6 is 11.5 Å². The molecule has 1 amide bonds. The van der Waals surface area contributed by atoms with Gasteiger partial charge < -0.3 is 19.5 Å². The number of carbonyl (C=O) groups excluding carboxylic acids is 3. The highest BCUT2D eigenvalue weighted by Gasteiger charge is 2.61. The summed E-state index contributed by atoms with van der Waals surface area (Å²) in [4.78, 5) is 61.1. The minimum absolute atomic E-state index is 0.0841. The number of nitrogens with one attached hydrogen (secondary N) is 1. The first-order chi connectivity index (χ1) is 21.1. The molecule has 0 saturated carbocycles. The predicted octanol–water partition coefficient (Wildman–Crippen LogP) is 3.00. The number of benzene rings is 1. The average molecular weight is 624 g/mol. The van der Waals surface area contributed by atoms with Crippen molar-refractivity contribution in [3.8, 4) is 0 Å². The highest BCUT2D eigenvalue weighted by atomic mass is 32.1. The Balaban J connectivity index is 1.07. The van der Waals surface area contributed by atoms with Crippen molar-refractivity contribution < 1.29 is 28.6 Å². The molecule has 11 nitrogen and oxygen atoms in total. The molecular weight excluding hydrogens is 586 g/mol. The van der Waals surface area contributed by atoms with Crippen LogP contribution in [0.3, 0.4) is 0 Å². The lowest BCUT2D eigenvalue weighted by Crippen LogP contribution is -2.29. The summed E-state index contributed by atoms with van der Waals surface area (Å²) >= 11 is 0.924. The first kappa shape index (κ1) is 31.4. The summed E-state index contributed by atoms with van der Waals surface area (Å²) in [5.41, 5.74) is 2.36. The first-order valence-corrected chi connectivity index (χ1v) is 15.6. The fourth-order valence-corrected chi connectivity index (χ4v) is 6.55. The van der Waals surface area contributed by atoms with Gasteiger partial charge in [0, 0.05) is 48.3 Å². The second kappa shape index (κ2) is 13.3. The summed E-state index contributed by atoms with van der Waals surface area (Å²) in [6.07, 6.45) is 7.37. The molecule has 1 aromatic carbocycles. The number of carbonyl (C=O) groups is 3. The lowest BCUT2D eigenvalue weighted by molar-refractivity contribution is -0.140. The summed E-state index contributed by atoms with van der Waals surface area (Å²) in [6.45, 7) is 8.90. The molecule has 4 atom stereocenters. The number of ether oxygens (including phenoxy) is 3. The van der Waals surface area contributed by atoms with E-state index in [1.807, 2.05) is 26.0 Å². The molecule has 3 heterocycles. The Morgan fingerprint density at radius 1 is 1.18 bits per heavy atom. The van der Waals surface area contributed by atoms with Crippen molar-refractivity contribution in [1.29, 1.82) is 0 Å². The number of epoxide rings is 1. The van der Waals surface area contributed by atoms with Crippen LogP contribution in [0, 0.1) is 5.92 Å². The quantitative estimate of drug-likeness (QED) is 0.185. The van der Waals surface area contributed by atoms with Gasteiger partial charge in [0.05, 0.1) is 12.1 Å². The lowest BCUT2D eigenvalue weighted by atomic mass is 9.84. The molecule has 2 aliphatic heterocycles. The van der Waals surface area contributed by atoms with Gasteiger partial charge >= 0.3 is 22.5 Å². The van der Waals surface area contributed by atoms with Gasteiger partial charge in [0.1, 0.15) is 18.8 Å². The molecule has 0 unspecified atom stereocenters. The van der Waals surface area contributed by atoms with Crippen molar-refractivity contribution in [2.75, 3.05) is 6.61 Å². The van der Waals surface area contributed by atoms with Crippen LogP contribution < -0.4 is 15.9 Å². The van der Waals surface area contributed by atoms with E-state index in [4.69, 9.17) is 14.2 Å². The molecule has 2 aromatic rings. The number of fused-ring (bicyclic) bond motifs is 3. The third-order valence-electron chi connectivity index (χ3n) is 8.32. The van der Waals surface area contributed by atoms with Crippen LogP contribution in [0.25, 0.3) is 0 Å².